The fourth-order valence-electron chi connectivity index (χ4n) is 6.21. The molecule has 1 fully saturated rings. The van der Waals surface area contributed by atoms with Crippen molar-refractivity contribution in [3.63, 3.8) is 0 Å². The summed E-state index contributed by atoms with van der Waals surface area (Å²) in [4.78, 5) is 39.8. The van der Waals surface area contributed by atoms with Gasteiger partial charge in [0.1, 0.15) is 6.61 Å². The van der Waals surface area contributed by atoms with E-state index in [9.17, 15) is 27.6 Å². The Labute approximate surface area is 393 Å². The van der Waals surface area contributed by atoms with Crippen molar-refractivity contribution in [2.24, 2.45) is 5.10 Å². The average molecular weight is 970 g/mol. The fraction of sp³-hybridized carbons (Fsp3) is 0.522. The quantitative estimate of drug-likeness (QED) is 0.0278. The first-order valence-electron chi connectivity index (χ1n) is 21.8. The molecule has 15 nitrogen and oxygen atoms in total. The molecule has 20 heteroatoms. The highest BCUT2D eigenvalue weighted by atomic mass is 35.5. The largest absolute Gasteiger partial charge is 0.463 e. The van der Waals surface area contributed by atoms with E-state index in [1.807, 2.05) is 12.1 Å². The van der Waals surface area contributed by atoms with Gasteiger partial charge in [0.15, 0.2) is 0 Å². The number of ether oxygens (including phenoxy) is 8. The molecule has 1 heterocycles. The second-order valence-corrected chi connectivity index (χ2v) is 16.1. The van der Waals surface area contributed by atoms with Gasteiger partial charge in [0, 0.05) is 42.8 Å². The monoisotopic (exact) mass is 968 g/mol. The maximum Gasteiger partial charge on any atom is 0.417 e. The van der Waals surface area contributed by atoms with E-state index in [1.165, 1.54) is 13.0 Å². The Balaban J connectivity index is 1.07. The molecular formula is C46H60ClF3N4O11S. The summed E-state index contributed by atoms with van der Waals surface area (Å²) in [5, 5.41) is 6.32. The number of carbonyl (C=O) groups excluding carboxylic acids is 3. The Bertz CT molecular complexity index is 1940. The number of halogens is 4. The van der Waals surface area contributed by atoms with Crippen LogP contribution in [0.25, 0.3) is 0 Å². The van der Waals surface area contributed by atoms with E-state index >= 15 is 0 Å². The van der Waals surface area contributed by atoms with Crippen LogP contribution in [-0.4, -0.2) is 142 Å². The lowest BCUT2D eigenvalue weighted by atomic mass is 10.1. The van der Waals surface area contributed by atoms with Crippen LogP contribution < -0.4 is 15.6 Å². The van der Waals surface area contributed by atoms with Gasteiger partial charge in [0.05, 0.1) is 121 Å². The molecule has 0 aliphatic carbocycles. The molecule has 66 heavy (non-hydrogen) atoms. The zero-order valence-electron chi connectivity index (χ0n) is 37.2. The topological polar surface area (TPSA) is 165 Å². The highest BCUT2D eigenvalue weighted by Crippen LogP contribution is 2.35. The van der Waals surface area contributed by atoms with Crippen LogP contribution in [0.1, 0.15) is 63.6 Å². The maximum atomic E-state index is 13.5. The second kappa shape index (κ2) is 31.6. The summed E-state index contributed by atoms with van der Waals surface area (Å²) in [6.45, 7) is 9.45. The zero-order valence-corrected chi connectivity index (χ0v) is 38.8. The van der Waals surface area contributed by atoms with Crippen LogP contribution in [0.2, 0.25) is 5.02 Å². The minimum Gasteiger partial charge on any atom is -0.463 e. The molecule has 2 amide bonds. The van der Waals surface area contributed by atoms with Gasteiger partial charge in [-0.3, -0.25) is 14.4 Å². The number of amides is 2. The summed E-state index contributed by atoms with van der Waals surface area (Å²) in [5.41, 5.74) is 4.02. The number of hydrogen-bond donors (Lipinski definition) is 2. The Morgan fingerprint density at radius 3 is 1.86 bits per heavy atom. The first-order valence-corrected chi connectivity index (χ1v) is 23.3. The SMILES string of the molecule is CC(=O)OCCOCCOCCOCCOCCOCCOCCOCCSCc1cccc(C(=O)Nc2ccc(N3CCCCC3)cc2C(=O)N/N=C/c2ccc(Cl)c(C(F)(F)F)c2)c1. The standard InChI is InChI=1S/C46H60ClF3N4O11S/c1-35(55)65-27-26-63-23-22-61-19-18-59-15-14-58-16-17-60-20-21-62-24-25-64-28-29-66-34-37-6-5-7-38(30-37)44(56)52-43-11-9-39(54-12-3-2-4-13-54)32-40(43)45(57)53-51-33-36-8-10-42(47)41(31-36)46(48,49)50/h5-11,30-33H,2-4,12-29,34H2,1H3,(H,52,56)(H,53,57)/b51-33+. The van der Waals surface area contributed by atoms with Gasteiger partial charge in [-0.15, -0.1) is 0 Å². The minimum atomic E-state index is -4.65. The van der Waals surface area contributed by atoms with Crippen molar-refractivity contribution in [2.75, 3.05) is 128 Å². The van der Waals surface area contributed by atoms with Crippen LogP contribution in [0.15, 0.2) is 65.8 Å². The molecule has 1 aliphatic rings. The molecule has 0 bridgehead atoms. The summed E-state index contributed by atoms with van der Waals surface area (Å²) >= 11 is 7.40. The van der Waals surface area contributed by atoms with Crippen LogP contribution in [0.3, 0.4) is 0 Å². The molecular weight excluding hydrogens is 909 g/mol. The molecule has 3 aromatic rings. The van der Waals surface area contributed by atoms with E-state index < -0.39 is 28.6 Å². The third-order valence-corrected chi connectivity index (χ3v) is 10.8. The van der Waals surface area contributed by atoms with Gasteiger partial charge in [0.2, 0.25) is 0 Å². The Kier molecular flexibility index (Phi) is 26.0. The predicted octanol–water partition coefficient (Wildman–Crippen LogP) is 7.28. The van der Waals surface area contributed by atoms with Crippen molar-refractivity contribution in [1.82, 2.24) is 5.43 Å². The van der Waals surface area contributed by atoms with Gasteiger partial charge >= 0.3 is 12.1 Å². The highest BCUT2D eigenvalue weighted by molar-refractivity contribution is 7.98. The number of anilines is 2. The number of alkyl halides is 3. The fourth-order valence-corrected chi connectivity index (χ4v) is 7.23. The van der Waals surface area contributed by atoms with Gasteiger partial charge in [-0.1, -0.05) is 29.8 Å². The van der Waals surface area contributed by atoms with Crippen LogP contribution in [0.5, 0.6) is 0 Å². The summed E-state index contributed by atoms with van der Waals surface area (Å²) in [7, 11) is 0. The van der Waals surface area contributed by atoms with Crippen molar-refractivity contribution in [1.29, 1.82) is 0 Å². The number of benzene rings is 3. The smallest absolute Gasteiger partial charge is 0.417 e. The Morgan fingerprint density at radius 2 is 1.29 bits per heavy atom. The van der Waals surface area contributed by atoms with E-state index in [1.54, 1.807) is 42.1 Å². The van der Waals surface area contributed by atoms with E-state index in [0.717, 1.165) is 67.7 Å². The summed E-state index contributed by atoms with van der Waals surface area (Å²) in [5.74, 6) is -0.00346. The number of thioether (sulfide) groups is 1. The molecule has 4 rings (SSSR count). The van der Waals surface area contributed by atoms with Gasteiger partial charge in [0.25, 0.3) is 11.8 Å². The second-order valence-electron chi connectivity index (χ2n) is 14.5. The first-order chi connectivity index (χ1) is 32.0. The number of nitrogens with one attached hydrogen (secondary N) is 2. The van der Waals surface area contributed by atoms with Crippen LogP contribution in [0.4, 0.5) is 24.5 Å². The lowest BCUT2D eigenvalue weighted by Crippen LogP contribution is -2.30. The summed E-state index contributed by atoms with van der Waals surface area (Å²) in [6.07, 6.45) is -0.417. The van der Waals surface area contributed by atoms with Gasteiger partial charge < -0.3 is 48.1 Å². The molecule has 1 aliphatic heterocycles. The first kappa shape index (κ1) is 54.3. The lowest BCUT2D eigenvalue weighted by molar-refractivity contribution is -0.142. The van der Waals surface area contributed by atoms with E-state index in [0.29, 0.717) is 104 Å². The maximum absolute atomic E-state index is 13.5. The van der Waals surface area contributed by atoms with Crippen molar-refractivity contribution in [3.8, 4) is 0 Å². The van der Waals surface area contributed by atoms with Gasteiger partial charge in [-0.05, 0) is 72.9 Å². The van der Waals surface area contributed by atoms with Crippen molar-refractivity contribution in [2.45, 2.75) is 38.1 Å². The van der Waals surface area contributed by atoms with Crippen molar-refractivity contribution >= 4 is 58.7 Å². The number of piperidine rings is 1. The number of rotatable bonds is 32. The number of hydrazone groups is 1. The molecule has 0 saturated carbocycles. The van der Waals surface area contributed by atoms with E-state index in [2.05, 4.69) is 20.7 Å². The zero-order chi connectivity index (χ0) is 47.2. The summed E-state index contributed by atoms with van der Waals surface area (Å²) < 4.78 is 83.2. The molecule has 0 atom stereocenters. The number of carbonyl (C=O) groups is 3. The van der Waals surface area contributed by atoms with Crippen LogP contribution >= 0.6 is 23.4 Å². The number of esters is 1. The van der Waals surface area contributed by atoms with Crippen molar-refractivity contribution < 1.29 is 65.4 Å². The predicted molar refractivity (Wildman–Crippen MR) is 247 cm³/mol. The molecule has 0 aromatic heterocycles. The van der Waals surface area contributed by atoms with Crippen LogP contribution in [-0.2, 0) is 54.6 Å². The average Bonchev–Trinajstić information content (AvgIpc) is 3.30. The van der Waals surface area contributed by atoms with Crippen LogP contribution in [0, 0.1) is 0 Å². The molecule has 0 spiro atoms. The molecule has 3 aromatic carbocycles. The third-order valence-electron chi connectivity index (χ3n) is 9.49. The molecule has 2 N–H and O–H groups in total. The minimum absolute atomic E-state index is 0.0881. The van der Waals surface area contributed by atoms with Gasteiger partial charge in [-0.2, -0.15) is 30.0 Å². The van der Waals surface area contributed by atoms with E-state index in [-0.39, 0.29) is 29.4 Å². The summed E-state index contributed by atoms with van der Waals surface area (Å²) in [6, 6.07) is 15.7. The Hall–Kier alpha value is -4.31. The highest BCUT2D eigenvalue weighted by Gasteiger charge is 2.33. The number of hydrogen-bond acceptors (Lipinski definition) is 14. The molecule has 0 unspecified atom stereocenters. The van der Waals surface area contributed by atoms with E-state index in [4.69, 9.17) is 49.5 Å². The third kappa shape index (κ3) is 22.0. The molecule has 1 saturated heterocycles. The normalized spacial score (nSPS) is 13.0. The van der Waals surface area contributed by atoms with Crippen molar-refractivity contribution in [3.05, 3.63) is 93.5 Å². The molecule has 0 radical (unpaired) electrons. The lowest BCUT2D eigenvalue weighted by Gasteiger charge is -2.29. The molecule has 364 valence electrons. The Morgan fingerprint density at radius 1 is 0.712 bits per heavy atom. The van der Waals surface area contributed by atoms with Gasteiger partial charge in [-0.25, -0.2) is 5.43 Å². The number of nitrogens with zero attached hydrogens (tertiary/aromatic N) is 2.